The second-order valence-corrected chi connectivity index (χ2v) is 5.20. The molecule has 0 unspecified atom stereocenters. The zero-order chi connectivity index (χ0) is 13.8. The van der Waals surface area contributed by atoms with Crippen LogP contribution in [0, 0.1) is 6.92 Å². The first kappa shape index (κ1) is 13.6. The molecule has 1 amide bonds. The van der Waals surface area contributed by atoms with E-state index in [2.05, 4.69) is 9.97 Å². The van der Waals surface area contributed by atoms with Crippen molar-refractivity contribution >= 4 is 17.2 Å². The molecule has 0 atom stereocenters. The van der Waals surface area contributed by atoms with Crippen LogP contribution in [0.2, 0.25) is 0 Å². The molecule has 100 valence electrons. The molecule has 0 fully saturated rings. The Kier molecular flexibility index (Phi) is 4.24. The summed E-state index contributed by atoms with van der Waals surface area (Å²) >= 11 is 1.56. The molecule has 2 aromatic heterocycles. The lowest BCUT2D eigenvalue weighted by molar-refractivity contribution is 0.0786. The summed E-state index contributed by atoms with van der Waals surface area (Å²) in [5.74, 6) is -0.0371. The van der Waals surface area contributed by atoms with Crippen LogP contribution in [0.25, 0.3) is 0 Å². The third kappa shape index (κ3) is 3.15. The first-order valence-electron chi connectivity index (χ1n) is 5.91. The summed E-state index contributed by atoms with van der Waals surface area (Å²) < 4.78 is 0. The number of aromatic nitrogens is 2. The third-order valence-corrected chi connectivity index (χ3v) is 3.76. The first-order chi connectivity index (χ1) is 9.11. The van der Waals surface area contributed by atoms with Crippen LogP contribution in [0.4, 0.5) is 0 Å². The van der Waals surface area contributed by atoms with Crippen molar-refractivity contribution in [3.63, 3.8) is 0 Å². The SMILES string of the molecule is Cc1ncsc1CN(C)C(=O)c1ccnc(CN)c1. The average Bonchev–Trinajstić information content (AvgIpc) is 2.83. The van der Waals surface area contributed by atoms with E-state index in [-0.39, 0.29) is 5.91 Å². The van der Waals surface area contributed by atoms with Gasteiger partial charge >= 0.3 is 0 Å². The van der Waals surface area contributed by atoms with E-state index in [0.717, 1.165) is 10.6 Å². The second-order valence-electron chi connectivity index (χ2n) is 4.26. The molecular formula is C13H16N4OS. The molecule has 2 rings (SSSR count). The van der Waals surface area contributed by atoms with Gasteiger partial charge in [-0.1, -0.05) is 0 Å². The Hall–Kier alpha value is -1.79. The van der Waals surface area contributed by atoms with Gasteiger partial charge in [-0.05, 0) is 19.1 Å². The third-order valence-electron chi connectivity index (χ3n) is 2.84. The zero-order valence-corrected chi connectivity index (χ0v) is 11.8. The predicted molar refractivity (Wildman–Crippen MR) is 74.8 cm³/mol. The number of pyridine rings is 1. The summed E-state index contributed by atoms with van der Waals surface area (Å²) in [6.07, 6.45) is 1.61. The molecule has 0 bridgehead atoms. The molecule has 2 aromatic rings. The number of aryl methyl sites for hydroxylation is 1. The van der Waals surface area contributed by atoms with E-state index in [1.54, 1.807) is 47.1 Å². The molecule has 0 aromatic carbocycles. The highest BCUT2D eigenvalue weighted by atomic mass is 32.1. The number of thiazole rings is 1. The number of amides is 1. The van der Waals surface area contributed by atoms with Crippen molar-refractivity contribution in [2.45, 2.75) is 20.0 Å². The van der Waals surface area contributed by atoms with Gasteiger partial charge in [-0.25, -0.2) is 4.98 Å². The molecule has 0 spiro atoms. The average molecular weight is 276 g/mol. The molecular weight excluding hydrogens is 260 g/mol. The Bertz CT molecular complexity index is 582. The van der Waals surface area contributed by atoms with Gasteiger partial charge in [-0.15, -0.1) is 11.3 Å². The molecule has 0 saturated carbocycles. The van der Waals surface area contributed by atoms with Gasteiger partial charge in [0.25, 0.3) is 5.91 Å². The molecule has 0 saturated heterocycles. The molecule has 2 heterocycles. The summed E-state index contributed by atoms with van der Waals surface area (Å²) in [5.41, 5.74) is 9.63. The lowest BCUT2D eigenvalue weighted by Gasteiger charge is -2.16. The lowest BCUT2D eigenvalue weighted by Crippen LogP contribution is -2.26. The maximum absolute atomic E-state index is 12.3. The number of nitrogens with zero attached hydrogens (tertiary/aromatic N) is 3. The van der Waals surface area contributed by atoms with Crippen molar-refractivity contribution < 1.29 is 4.79 Å². The highest BCUT2D eigenvalue weighted by Crippen LogP contribution is 2.15. The summed E-state index contributed by atoms with van der Waals surface area (Å²) in [7, 11) is 1.78. The molecule has 0 aliphatic heterocycles. The normalized spacial score (nSPS) is 10.5. The van der Waals surface area contributed by atoms with Gasteiger partial charge in [-0.2, -0.15) is 0 Å². The fraction of sp³-hybridized carbons (Fsp3) is 0.308. The molecule has 0 aliphatic carbocycles. The van der Waals surface area contributed by atoms with Gasteiger partial charge < -0.3 is 10.6 Å². The van der Waals surface area contributed by atoms with Gasteiger partial charge in [-0.3, -0.25) is 9.78 Å². The molecule has 6 heteroatoms. The minimum absolute atomic E-state index is 0.0371. The number of hydrogen-bond donors (Lipinski definition) is 1. The van der Waals surface area contributed by atoms with Crippen LogP contribution in [0.1, 0.15) is 26.6 Å². The lowest BCUT2D eigenvalue weighted by atomic mass is 10.2. The quantitative estimate of drug-likeness (QED) is 0.920. The minimum Gasteiger partial charge on any atom is -0.336 e. The van der Waals surface area contributed by atoms with E-state index in [1.807, 2.05) is 6.92 Å². The maximum Gasteiger partial charge on any atom is 0.254 e. The zero-order valence-electron chi connectivity index (χ0n) is 11.0. The summed E-state index contributed by atoms with van der Waals surface area (Å²) in [5, 5.41) is 0. The number of nitrogens with two attached hydrogens (primary N) is 1. The highest BCUT2D eigenvalue weighted by molar-refractivity contribution is 7.09. The Morgan fingerprint density at radius 3 is 2.89 bits per heavy atom. The van der Waals surface area contributed by atoms with Gasteiger partial charge in [0.05, 0.1) is 23.4 Å². The van der Waals surface area contributed by atoms with E-state index >= 15 is 0 Å². The number of carbonyl (C=O) groups is 1. The second kappa shape index (κ2) is 5.90. The Morgan fingerprint density at radius 1 is 1.47 bits per heavy atom. The molecule has 2 N–H and O–H groups in total. The van der Waals surface area contributed by atoms with Crippen LogP contribution in [0.15, 0.2) is 23.8 Å². The molecule has 5 nitrogen and oxygen atoms in total. The van der Waals surface area contributed by atoms with Crippen LogP contribution >= 0.6 is 11.3 Å². The van der Waals surface area contributed by atoms with Gasteiger partial charge in [0.2, 0.25) is 0 Å². The van der Waals surface area contributed by atoms with E-state index in [4.69, 9.17) is 5.73 Å². The largest absolute Gasteiger partial charge is 0.336 e. The van der Waals surface area contributed by atoms with Crippen molar-refractivity contribution in [1.29, 1.82) is 0 Å². The molecule has 19 heavy (non-hydrogen) atoms. The number of hydrogen-bond acceptors (Lipinski definition) is 5. The summed E-state index contributed by atoms with van der Waals surface area (Å²) in [6.45, 7) is 2.84. The topological polar surface area (TPSA) is 72.1 Å². The van der Waals surface area contributed by atoms with E-state index in [1.165, 1.54) is 0 Å². The Labute approximate surface area is 116 Å². The van der Waals surface area contributed by atoms with Gasteiger partial charge in [0.1, 0.15) is 0 Å². The van der Waals surface area contributed by atoms with E-state index in [0.29, 0.717) is 24.3 Å². The molecule has 0 aliphatic rings. The maximum atomic E-state index is 12.3. The molecule has 0 radical (unpaired) electrons. The fourth-order valence-corrected chi connectivity index (χ4v) is 2.54. The smallest absolute Gasteiger partial charge is 0.254 e. The summed E-state index contributed by atoms with van der Waals surface area (Å²) in [6, 6.07) is 3.44. The van der Waals surface area contributed by atoms with Crippen LogP contribution in [-0.4, -0.2) is 27.8 Å². The van der Waals surface area contributed by atoms with Gasteiger partial charge in [0, 0.05) is 30.2 Å². The Morgan fingerprint density at radius 2 is 2.26 bits per heavy atom. The number of rotatable bonds is 4. The van der Waals surface area contributed by atoms with Crippen molar-refractivity contribution in [1.82, 2.24) is 14.9 Å². The van der Waals surface area contributed by atoms with Gasteiger partial charge in [0.15, 0.2) is 0 Å². The minimum atomic E-state index is -0.0371. The Balaban J connectivity index is 2.12. The number of carbonyl (C=O) groups excluding carboxylic acids is 1. The highest BCUT2D eigenvalue weighted by Gasteiger charge is 2.14. The van der Waals surface area contributed by atoms with Crippen LogP contribution in [-0.2, 0) is 13.1 Å². The summed E-state index contributed by atoms with van der Waals surface area (Å²) in [4.78, 5) is 23.3. The van der Waals surface area contributed by atoms with Crippen LogP contribution < -0.4 is 5.73 Å². The van der Waals surface area contributed by atoms with Crippen molar-refractivity contribution in [2.24, 2.45) is 5.73 Å². The standard InChI is InChI=1S/C13H16N4OS/c1-9-12(19-8-16-9)7-17(2)13(18)10-3-4-15-11(5-10)6-14/h3-5,8H,6-7,14H2,1-2H3. The van der Waals surface area contributed by atoms with Crippen LogP contribution in [0.3, 0.4) is 0 Å². The predicted octanol–water partition coefficient (Wildman–Crippen LogP) is 1.58. The monoisotopic (exact) mass is 276 g/mol. The van der Waals surface area contributed by atoms with Crippen molar-refractivity contribution in [2.75, 3.05) is 7.05 Å². The van der Waals surface area contributed by atoms with Crippen molar-refractivity contribution in [3.05, 3.63) is 45.7 Å². The van der Waals surface area contributed by atoms with E-state index in [9.17, 15) is 4.79 Å². The van der Waals surface area contributed by atoms with E-state index < -0.39 is 0 Å². The van der Waals surface area contributed by atoms with Crippen LogP contribution in [0.5, 0.6) is 0 Å². The fourth-order valence-electron chi connectivity index (χ4n) is 1.71. The first-order valence-corrected chi connectivity index (χ1v) is 6.79. The van der Waals surface area contributed by atoms with Crippen molar-refractivity contribution in [3.8, 4) is 0 Å².